The normalized spacial score (nSPS) is 21.3. The lowest BCUT2D eigenvalue weighted by molar-refractivity contribution is -0.522. The summed E-state index contributed by atoms with van der Waals surface area (Å²) in [7, 11) is 0. The summed E-state index contributed by atoms with van der Waals surface area (Å²) < 4.78 is 2.75. The maximum absolute atomic E-state index is 5.00. The van der Waals surface area contributed by atoms with E-state index in [1.165, 1.54) is 103 Å². The van der Waals surface area contributed by atoms with Crippen molar-refractivity contribution in [2.75, 3.05) is 32.7 Å². The van der Waals surface area contributed by atoms with Gasteiger partial charge in [-0.15, -0.1) is 0 Å². The number of nitrogens with zero attached hydrogens (tertiary/aromatic N) is 4. The number of rotatable bonds is 17. The fraction of sp³-hybridized carbons (Fsp3) is 0.931. The van der Waals surface area contributed by atoms with Gasteiger partial charge in [0.2, 0.25) is 5.84 Å². The molecule has 33 heavy (non-hydrogen) atoms. The van der Waals surface area contributed by atoms with Crippen LogP contribution in [0.2, 0.25) is 0 Å². The lowest BCUT2D eigenvalue weighted by atomic mass is 10.1. The van der Waals surface area contributed by atoms with E-state index in [1.54, 1.807) is 5.84 Å². The van der Waals surface area contributed by atoms with E-state index < -0.39 is 0 Å². The fourth-order valence-corrected chi connectivity index (χ4v) is 5.40. The molecule has 4 nitrogen and oxygen atoms in total. The van der Waals surface area contributed by atoms with Crippen LogP contribution in [0.4, 0.5) is 0 Å². The zero-order chi connectivity index (χ0) is 24.2. The highest BCUT2D eigenvalue weighted by Crippen LogP contribution is 2.22. The van der Waals surface area contributed by atoms with Gasteiger partial charge in [0.15, 0.2) is 0 Å². The molecule has 4 heteroatoms. The molecule has 0 aromatic heterocycles. The summed E-state index contributed by atoms with van der Waals surface area (Å²) >= 11 is 0. The van der Waals surface area contributed by atoms with E-state index in [1.807, 2.05) is 0 Å². The topological polar surface area (TPSA) is 21.9 Å². The van der Waals surface area contributed by atoms with Crippen LogP contribution < -0.4 is 0 Å². The first-order valence-corrected chi connectivity index (χ1v) is 14.5. The second kappa shape index (κ2) is 15.0. The molecule has 0 spiro atoms. The molecule has 2 atom stereocenters. The smallest absolute Gasteiger partial charge is 0.247 e. The first kappa shape index (κ1) is 28.2. The Balaban J connectivity index is 1.89. The van der Waals surface area contributed by atoms with Crippen molar-refractivity contribution in [1.29, 1.82) is 0 Å². The van der Waals surface area contributed by atoms with Gasteiger partial charge in [0.05, 0.1) is 25.5 Å². The first-order chi connectivity index (χ1) is 15.9. The van der Waals surface area contributed by atoms with Crippen LogP contribution in [-0.2, 0) is 0 Å². The molecular formula is C29H57N4+. The third-order valence-electron chi connectivity index (χ3n) is 7.58. The summed E-state index contributed by atoms with van der Waals surface area (Å²) in [5.41, 5.74) is 0. The van der Waals surface area contributed by atoms with E-state index in [0.717, 1.165) is 18.4 Å². The Morgan fingerprint density at radius 3 is 2.15 bits per heavy atom. The van der Waals surface area contributed by atoms with Crippen LogP contribution in [0.15, 0.2) is 4.99 Å². The lowest BCUT2D eigenvalue weighted by Crippen LogP contribution is -2.37. The molecule has 0 aliphatic carbocycles. The molecule has 2 aliphatic heterocycles. The Hall–Kier alpha value is -1.06. The van der Waals surface area contributed by atoms with Gasteiger partial charge in [0.25, 0.3) is 0 Å². The van der Waals surface area contributed by atoms with Crippen LogP contribution >= 0.6 is 0 Å². The number of amidine groups is 2. The number of hydrogen-bond donors (Lipinski definition) is 0. The quantitative estimate of drug-likeness (QED) is 0.175. The van der Waals surface area contributed by atoms with Crippen LogP contribution in [0.25, 0.3) is 0 Å². The highest BCUT2D eigenvalue weighted by molar-refractivity contribution is 5.84. The second-order valence-electron chi connectivity index (χ2n) is 11.6. The van der Waals surface area contributed by atoms with E-state index in [9.17, 15) is 0 Å². The highest BCUT2D eigenvalue weighted by Gasteiger charge is 2.35. The van der Waals surface area contributed by atoms with Crippen molar-refractivity contribution in [3.8, 4) is 0 Å². The summed E-state index contributed by atoms with van der Waals surface area (Å²) in [5, 5.41) is 0. The van der Waals surface area contributed by atoms with Gasteiger partial charge in [-0.2, -0.15) is 0 Å². The molecule has 0 radical (unpaired) electrons. The van der Waals surface area contributed by atoms with Crippen molar-refractivity contribution in [3.05, 3.63) is 0 Å². The maximum atomic E-state index is 5.00. The summed E-state index contributed by atoms with van der Waals surface area (Å²) in [4.78, 5) is 10.4. The molecule has 192 valence electrons. The average Bonchev–Trinajstić information content (AvgIpc) is 3.30. The number of aliphatic imine (C=N–C) groups is 1. The van der Waals surface area contributed by atoms with Gasteiger partial charge in [0.1, 0.15) is 12.6 Å². The van der Waals surface area contributed by atoms with Gasteiger partial charge in [-0.05, 0) is 63.7 Å². The SMILES string of the molecule is CCCCN1C(CCC(C)C)=[N+](CCCCC2CN=C(CCC(C)C)N2CCCC)CC1C. The highest BCUT2D eigenvalue weighted by atomic mass is 15.3. The molecule has 0 N–H and O–H groups in total. The second-order valence-corrected chi connectivity index (χ2v) is 11.6. The Morgan fingerprint density at radius 1 is 0.879 bits per heavy atom. The molecule has 0 saturated heterocycles. The predicted molar refractivity (Wildman–Crippen MR) is 146 cm³/mol. The minimum absolute atomic E-state index is 0.654. The van der Waals surface area contributed by atoms with Crippen molar-refractivity contribution in [2.45, 2.75) is 131 Å². The Labute approximate surface area is 206 Å². The van der Waals surface area contributed by atoms with E-state index in [-0.39, 0.29) is 0 Å². The van der Waals surface area contributed by atoms with Crippen LogP contribution in [0, 0.1) is 11.8 Å². The zero-order valence-electron chi connectivity index (χ0n) is 23.4. The molecule has 2 aliphatic rings. The molecule has 2 rings (SSSR count). The Morgan fingerprint density at radius 2 is 1.52 bits per heavy atom. The van der Waals surface area contributed by atoms with E-state index in [4.69, 9.17) is 4.99 Å². The molecule has 2 heterocycles. The van der Waals surface area contributed by atoms with E-state index in [0.29, 0.717) is 12.1 Å². The zero-order valence-corrected chi connectivity index (χ0v) is 23.4. The minimum atomic E-state index is 0.654. The summed E-state index contributed by atoms with van der Waals surface area (Å²) in [6.45, 7) is 22.4. The number of unbranched alkanes of at least 4 members (excludes halogenated alkanes) is 3. The summed E-state index contributed by atoms with van der Waals surface area (Å²) in [5.74, 6) is 4.60. The van der Waals surface area contributed by atoms with Crippen LogP contribution in [0.3, 0.4) is 0 Å². The van der Waals surface area contributed by atoms with Crippen LogP contribution in [0.1, 0.15) is 119 Å². The van der Waals surface area contributed by atoms with Crippen LogP contribution in [-0.4, -0.2) is 70.9 Å². The maximum Gasteiger partial charge on any atom is 0.247 e. The molecule has 0 bridgehead atoms. The summed E-state index contributed by atoms with van der Waals surface area (Å²) in [6, 6.07) is 1.33. The molecule has 2 unspecified atom stereocenters. The molecule has 0 saturated carbocycles. The largest absolute Gasteiger partial charge is 0.356 e. The van der Waals surface area contributed by atoms with E-state index in [2.05, 4.69) is 62.8 Å². The Kier molecular flexibility index (Phi) is 12.8. The van der Waals surface area contributed by atoms with Gasteiger partial charge in [0, 0.05) is 25.4 Å². The lowest BCUT2D eigenvalue weighted by Gasteiger charge is -2.28. The minimum Gasteiger partial charge on any atom is -0.356 e. The fourth-order valence-electron chi connectivity index (χ4n) is 5.40. The third kappa shape index (κ3) is 9.25. The first-order valence-electron chi connectivity index (χ1n) is 14.5. The molecule has 0 aromatic rings. The van der Waals surface area contributed by atoms with Gasteiger partial charge < -0.3 is 4.90 Å². The molecular weight excluding hydrogens is 404 g/mol. The van der Waals surface area contributed by atoms with E-state index >= 15 is 0 Å². The molecule has 0 aromatic carbocycles. The third-order valence-corrected chi connectivity index (χ3v) is 7.58. The molecule has 0 fully saturated rings. The summed E-state index contributed by atoms with van der Waals surface area (Å²) in [6.07, 6.45) is 14.1. The predicted octanol–water partition coefficient (Wildman–Crippen LogP) is 6.83. The number of hydrogen-bond acceptors (Lipinski definition) is 3. The molecule has 0 amide bonds. The van der Waals surface area contributed by atoms with Crippen molar-refractivity contribution < 1.29 is 4.58 Å². The van der Waals surface area contributed by atoms with Crippen molar-refractivity contribution >= 4 is 11.7 Å². The van der Waals surface area contributed by atoms with Crippen molar-refractivity contribution in [3.63, 3.8) is 0 Å². The van der Waals surface area contributed by atoms with Gasteiger partial charge >= 0.3 is 0 Å². The average molecular weight is 462 g/mol. The van der Waals surface area contributed by atoms with Crippen molar-refractivity contribution in [2.24, 2.45) is 16.8 Å². The van der Waals surface area contributed by atoms with Gasteiger partial charge in [-0.3, -0.25) is 14.5 Å². The standard InChI is InChI=1S/C29H57N4/c1-8-10-20-32-26(7)23-31(29(32)18-16-25(5)6)19-13-12-14-27-22-30-28(17-15-24(3)4)33(27)21-11-9-2/h24-27H,8-23H2,1-7H3/q+1. The monoisotopic (exact) mass is 461 g/mol. The van der Waals surface area contributed by atoms with Gasteiger partial charge in [-0.25, -0.2) is 0 Å². The Bertz CT molecular complexity index is 607. The van der Waals surface area contributed by atoms with Crippen molar-refractivity contribution in [1.82, 2.24) is 9.80 Å². The van der Waals surface area contributed by atoms with Crippen LogP contribution in [0.5, 0.6) is 0 Å². The van der Waals surface area contributed by atoms with Gasteiger partial charge in [-0.1, -0.05) is 54.4 Å².